The minimum absolute atomic E-state index is 0.0358. The molecule has 3 nitrogen and oxygen atoms in total. The lowest BCUT2D eigenvalue weighted by molar-refractivity contribution is -0.384. The molecule has 1 aromatic rings. The highest BCUT2D eigenvalue weighted by Gasteiger charge is 2.26. The van der Waals surface area contributed by atoms with Gasteiger partial charge in [0.2, 0.25) is 0 Å². The maximum atomic E-state index is 10.7. The lowest BCUT2D eigenvalue weighted by Gasteiger charge is -2.08. The van der Waals surface area contributed by atoms with Crippen LogP contribution in [0.15, 0.2) is 0 Å². The Morgan fingerprint density at radius 3 is 2.00 bits per heavy atom. The van der Waals surface area contributed by atoms with Gasteiger partial charge in [0.15, 0.2) is 0 Å². The highest BCUT2D eigenvalue weighted by atomic mass is 35.5. The van der Waals surface area contributed by atoms with Crippen molar-refractivity contribution < 1.29 is 4.92 Å². The Morgan fingerprint density at radius 1 is 1.07 bits per heavy atom. The highest BCUT2D eigenvalue weighted by Crippen LogP contribution is 2.45. The first-order chi connectivity index (χ1) is 6.91. The van der Waals surface area contributed by atoms with Crippen LogP contribution in [-0.2, 0) is 6.42 Å². The molecule has 1 rings (SSSR count). The van der Waals surface area contributed by atoms with Gasteiger partial charge in [-0.1, -0.05) is 53.3 Å². The van der Waals surface area contributed by atoms with E-state index >= 15 is 0 Å². The van der Waals surface area contributed by atoms with E-state index in [0.29, 0.717) is 12.0 Å². The zero-order chi connectivity index (χ0) is 11.7. The fourth-order valence-corrected chi connectivity index (χ4v) is 2.46. The van der Waals surface area contributed by atoms with Gasteiger partial charge in [-0.25, -0.2) is 0 Å². The molecule has 0 saturated heterocycles. The predicted molar refractivity (Wildman–Crippen MR) is 62.5 cm³/mol. The van der Waals surface area contributed by atoms with Crippen molar-refractivity contribution in [3.63, 3.8) is 0 Å². The number of nitrogens with zero attached hydrogens (tertiary/aromatic N) is 1. The van der Waals surface area contributed by atoms with Crippen molar-refractivity contribution in [2.75, 3.05) is 0 Å². The largest absolute Gasteiger partial charge is 0.308 e. The van der Waals surface area contributed by atoms with Gasteiger partial charge < -0.3 is 0 Å². The van der Waals surface area contributed by atoms with E-state index in [-0.39, 0.29) is 20.1 Å². The highest BCUT2D eigenvalue weighted by molar-refractivity contribution is 6.51. The van der Waals surface area contributed by atoms with Crippen LogP contribution >= 0.6 is 46.4 Å². The molecule has 0 amide bonds. The topological polar surface area (TPSA) is 43.1 Å². The summed E-state index contributed by atoms with van der Waals surface area (Å²) in [6, 6.07) is 0. The third-order valence-corrected chi connectivity index (χ3v) is 3.63. The Hall–Kier alpha value is -0.220. The maximum absolute atomic E-state index is 10.7. The normalized spacial score (nSPS) is 10.5. The van der Waals surface area contributed by atoms with Crippen LogP contribution in [0.2, 0.25) is 20.1 Å². The summed E-state index contributed by atoms with van der Waals surface area (Å²) in [5.74, 6) is 0. The van der Waals surface area contributed by atoms with Crippen molar-refractivity contribution in [2.24, 2.45) is 0 Å². The van der Waals surface area contributed by atoms with E-state index < -0.39 is 10.6 Å². The number of nitro benzene ring substituents is 1. The van der Waals surface area contributed by atoms with E-state index in [9.17, 15) is 10.1 Å². The molecule has 0 aliphatic heterocycles. The molecule has 7 heteroatoms. The summed E-state index contributed by atoms with van der Waals surface area (Å²) in [6.07, 6.45) is 0.440. The molecular weight excluding hydrogens is 284 g/mol. The smallest absolute Gasteiger partial charge is 0.258 e. The van der Waals surface area contributed by atoms with E-state index in [1.807, 2.05) is 0 Å². The van der Waals surface area contributed by atoms with E-state index in [2.05, 4.69) is 0 Å². The average Bonchev–Trinajstić information content (AvgIpc) is 2.15. The van der Waals surface area contributed by atoms with E-state index in [1.165, 1.54) is 0 Å². The summed E-state index contributed by atoms with van der Waals surface area (Å²) < 4.78 is 0. The Kier molecular flexibility index (Phi) is 4.06. The lowest BCUT2D eigenvalue weighted by Crippen LogP contribution is -1.96. The molecule has 0 N–H and O–H groups in total. The zero-order valence-electron chi connectivity index (χ0n) is 7.48. The van der Waals surface area contributed by atoms with E-state index in [1.54, 1.807) is 6.92 Å². The van der Waals surface area contributed by atoms with Gasteiger partial charge in [0.25, 0.3) is 0 Å². The average molecular weight is 289 g/mol. The van der Waals surface area contributed by atoms with Gasteiger partial charge in [0.05, 0.1) is 15.0 Å². The van der Waals surface area contributed by atoms with Crippen LogP contribution in [0.5, 0.6) is 0 Å². The number of nitro groups is 1. The molecule has 0 heterocycles. The molecule has 15 heavy (non-hydrogen) atoms. The van der Waals surface area contributed by atoms with Crippen molar-refractivity contribution in [3.05, 3.63) is 35.8 Å². The Morgan fingerprint density at radius 2 is 1.60 bits per heavy atom. The Bertz CT molecular complexity index is 433. The Labute approximate surface area is 106 Å². The molecule has 0 aromatic heterocycles. The van der Waals surface area contributed by atoms with Gasteiger partial charge in [-0.05, 0) is 12.0 Å². The minimum Gasteiger partial charge on any atom is -0.258 e. The molecule has 0 bridgehead atoms. The fraction of sp³-hybridized carbons (Fsp3) is 0.250. The van der Waals surface area contributed by atoms with Crippen molar-refractivity contribution in [1.82, 2.24) is 0 Å². The van der Waals surface area contributed by atoms with Gasteiger partial charge >= 0.3 is 5.69 Å². The Balaban J connectivity index is 3.68. The summed E-state index contributed by atoms with van der Waals surface area (Å²) in [6.45, 7) is 1.76. The predicted octanol–water partition coefficient (Wildman–Crippen LogP) is 4.77. The summed E-state index contributed by atoms with van der Waals surface area (Å²) in [5, 5.41) is 10.6. The van der Waals surface area contributed by atoms with Gasteiger partial charge in [0, 0.05) is 0 Å². The third kappa shape index (κ3) is 2.16. The first-order valence-corrected chi connectivity index (χ1v) is 5.42. The van der Waals surface area contributed by atoms with Crippen molar-refractivity contribution in [3.8, 4) is 0 Å². The van der Waals surface area contributed by atoms with Gasteiger partial charge in [0.1, 0.15) is 10.0 Å². The number of benzene rings is 1. The quantitative estimate of drug-likeness (QED) is 0.340. The van der Waals surface area contributed by atoms with E-state index in [4.69, 9.17) is 46.4 Å². The number of halogens is 4. The zero-order valence-corrected chi connectivity index (χ0v) is 10.5. The first kappa shape index (κ1) is 12.8. The number of hydrogen-bond donors (Lipinski definition) is 0. The summed E-state index contributed by atoms with van der Waals surface area (Å²) in [7, 11) is 0. The molecule has 0 atom stereocenters. The van der Waals surface area contributed by atoms with Crippen molar-refractivity contribution in [2.45, 2.75) is 13.3 Å². The van der Waals surface area contributed by atoms with Crippen LogP contribution in [0, 0.1) is 10.1 Å². The molecule has 0 radical (unpaired) electrons. The second-order valence-corrected chi connectivity index (χ2v) is 4.21. The van der Waals surface area contributed by atoms with Gasteiger partial charge in [-0.3, -0.25) is 10.1 Å². The molecule has 1 aromatic carbocycles. The van der Waals surface area contributed by atoms with Crippen LogP contribution < -0.4 is 0 Å². The minimum atomic E-state index is -0.675. The molecule has 82 valence electrons. The summed E-state index contributed by atoms with van der Waals surface area (Å²) >= 11 is 23.1. The van der Waals surface area contributed by atoms with Crippen molar-refractivity contribution in [1.29, 1.82) is 0 Å². The lowest BCUT2D eigenvalue weighted by atomic mass is 10.1. The van der Waals surface area contributed by atoms with Crippen LogP contribution in [0.3, 0.4) is 0 Å². The van der Waals surface area contributed by atoms with Crippen LogP contribution in [0.4, 0.5) is 5.69 Å². The van der Waals surface area contributed by atoms with Crippen LogP contribution in [0.1, 0.15) is 12.5 Å². The van der Waals surface area contributed by atoms with Gasteiger partial charge in [-0.2, -0.15) is 0 Å². The molecule has 0 unspecified atom stereocenters. The van der Waals surface area contributed by atoms with Crippen LogP contribution in [-0.4, -0.2) is 4.92 Å². The molecule has 0 aliphatic carbocycles. The molecule has 0 aliphatic rings. The molecule has 0 fully saturated rings. The van der Waals surface area contributed by atoms with Crippen LogP contribution in [0.25, 0.3) is 0 Å². The number of rotatable bonds is 2. The second-order valence-electron chi connectivity index (χ2n) is 2.69. The first-order valence-electron chi connectivity index (χ1n) is 3.91. The van der Waals surface area contributed by atoms with Crippen molar-refractivity contribution >= 4 is 52.1 Å². The molecular formula is C8H5Cl4NO2. The second kappa shape index (κ2) is 4.74. The summed E-state index contributed by atoms with van der Waals surface area (Å²) in [4.78, 5) is 10.0. The fourth-order valence-electron chi connectivity index (χ4n) is 1.14. The third-order valence-electron chi connectivity index (χ3n) is 1.87. The maximum Gasteiger partial charge on any atom is 0.308 e. The van der Waals surface area contributed by atoms with Gasteiger partial charge in [-0.15, -0.1) is 0 Å². The standard InChI is InChI=1S/C8H5Cl4NO2/c1-2-3-4(9)6(11)7(12)8(5(3)10)13(14)15/h2H2,1H3. The summed E-state index contributed by atoms with van der Waals surface area (Å²) in [5.41, 5.74) is 0.0315. The molecule has 0 saturated carbocycles. The molecule has 0 spiro atoms. The van der Waals surface area contributed by atoms with E-state index in [0.717, 1.165) is 0 Å². The SMILES string of the molecule is CCc1c(Cl)c(Cl)c(Cl)c([N+](=O)[O-])c1Cl. The monoisotopic (exact) mass is 287 g/mol. The number of hydrogen-bond acceptors (Lipinski definition) is 2.